The smallest absolute Gasteiger partial charge is 0.196 e. The fourth-order valence-electron chi connectivity index (χ4n) is 2.84. The Hall–Kier alpha value is -2.54. The number of thioether (sulfide) groups is 1. The second-order valence-electron chi connectivity index (χ2n) is 6.26. The molecule has 0 saturated heterocycles. The third kappa shape index (κ3) is 4.78. The van der Waals surface area contributed by atoms with E-state index in [2.05, 4.69) is 10.2 Å². The first kappa shape index (κ1) is 20.7. The highest BCUT2D eigenvalue weighted by atomic mass is 35.5. The number of hydrogen-bond donors (Lipinski definition) is 0. The van der Waals surface area contributed by atoms with Crippen molar-refractivity contribution in [2.24, 2.45) is 0 Å². The molecule has 0 aliphatic rings. The lowest BCUT2D eigenvalue weighted by Crippen LogP contribution is -2.04. The Morgan fingerprint density at radius 3 is 2.43 bits per heavy atom. The largest absolute Gasteiger partial charge is 0.491 e. The number of halogens is 3. The maximum absolute atomic E-state index is 13.4. The van der Waals surface area contributed by atoms with Gasteiger partial charge in [-0.3, -0.25) is 4.57 Å². The number of benzene rings is 3. The fourth-order valence-corrected chi connectivity index (χ4v) is 4.07. The second-order valence-corrected chi connectivity index (χ2v) is 8.16. The molecule has 1 aromatic heterocycles. The van der Waals surface area contributed by atoms with Crippen molar-refractivity contribution in [1.82, 2.24) is 14.8 Å². The highest BCUT2D eigenvalue weighted by Gasteiger charge is 2.16. The van der Waals surface area contributed by atoms with Gasteiger partial charge < -0.3 is 4.74 Å². The number of hydrogen-bond acceptors (Lipinski definition) is 4. The summed E-state index contributed by atoms with van der Waals surface area (Å²) in [5, 5.41) is 10.4. The molecule has 0 spiro atoms. The Labute approximate surface area is 187 Å². The van der Waals surface area contributed by atoms with E-state index >= 15 is 0 Å². The minimum atomic E-state index is -0.296. The van der Waals surface area contributed by atoms with Gasteiger partial charge in [0.05, 0.1) is 11.6 Å². The maximum atomic E-state index is 13.4. The van der Waals surface area contributed by atoms with Crippen LogP contribution in [0.15, 0.2) is 78.0 Å². The second kappa shape index (κ2) is 9.51. The summed E-state index contributed by atoms with van der Waals surface area (Å²) in [5.41, 5.74) is 1.70. The Bertz CT molecular complexity index is 1140. The lowest BCUT2D eigenvalue weighted by atomic mass is 10.2. The molecule has 0 aliphatic carbocycles. The van der Waals surface area contributed by atoms with Gasteiger partial charge >= 0.3 is 0 Å². The molecule has 3 aromatic carbocycles. The molecular weight excluding hydrogens is 444 g/mol. The van der Waals surface area contributed by atoms with Crippen LogP contribution in [0.4, 0.5) is 4.39 Å². The molecular formula is C22H16Cl2FN3OS. The summed E-state index contributed by atoms with van der Waals surface area (Å²) in [5.74, 6) is 1.58. The molecule has 0 radical (unpaired) electrons. The first-order valence-corrected chi connectivity index (χ1v) is 10.8. The van der Waals surface area contributed by atoms with E-state index < -0.39 is 0 Å². The Kier molecular flexibility index (Phi) is 6.57. The number of aromatic nitrogens is 3. The number of nitrogens with zero attached hydrogens (tertiary/aromatic N) is 3. The van der Waals surface area contributed by atoms with E-state index in [9.17, 15) is 4.39 Å². The SMILES string of the molecule is Fc1ccc(-n2c(SCCOc3ccc(Cl)cc3Cl)nnc2-c2ccccc2)cc1. The van der Waals surface area contributed by atoms with E-state index in [1.54, 1.807) is 30.3 Å². The fraction of sp³-hybridized carbons (Fsp3) is 0.0909. The predicted octanol–water partition coefficient (Wildman–Crippen LogP) is 6.55. The van der Waals surface area contributed by atoms with Gasteiger partial charge in [-0.2, -0.15) is 0 Å². The molecule has 0 N–H and O–H groups in total. The summed E-state index contributed by atoms with van der Waals surface area (Å²) in [7, 11) is 0. The first-order chi connectivity index (χ1) is 14.6. The van der Waals surface area contributed by atoms with Crippen LogP contribution < -0.4 is 4.74 Å². The zero-order chi connectivity index (χ0) is 20.9. The van der Waals surface area contributed by atoms with E-state index in [1.807, 2.05) is 34.9 Å². The molecule has 0 atom stereocenters. The van der Waals surface area contributed by atoms with Crippen LogP contribution in [0, 0.1) is 5.82 Å². The molecule has 4 aromatic rings. The summed E-state index contributed by atoms with van der Waals surface area (Å²) in [6, 6.07) is 21.1. The van der Waals surface area contributed by atoms with E-state index in [0.29, 0.717) is 39.1 Å². The van der Waals surface area contributed by atoms with E-state index in [-0.39, 0.29) is 5.82 Å². The monoisotopic (exact) mass is 459 g/mol. The quantitative estimate of drug-likeness (QED) is 0.232. The Balaban J connectivity index is 1.54. The summed E-state index contributed by atoms with van der Waals surface area (Å²) in [4.78, 5) is 0. The average molecular weight is 460 g/mol. The van der Waals surface area contributed by atoms with E-state index in [1.165, 1.54) is 23.9 Å². The van der Waals surface area contributed by atoms with Crippen molar-refractivity contribution in [3.05, 3.63) is 88.7 Å². The summed E-state index contributed by atoms with van der Waals surface area (Å²) < 4.78 is 21.1. The minimum Gasteiger partial charge on any atom is -0.491 e. The van der Waals surface area contributed by atoms with Gasteiger partial charge in [-0.05, 0) is 42.5 Å². The van der Waals surface area contributed by atoms with Crippen LogP contribution in [0.1, 0.15) is 0 Å². The van der Waals surface area contributed by atoms with Crippen LogP contribution in [-0.4, -0.2) is 27.1 Å². The molecule has 4 rings (SSSR count). The van der Waals surface area contributed by atoms with Gasteiger partial charge in [0.25, 0.3) is 0 Å². The highest BCUT2D eigenvalue weighted by molar-refractivity contribution is 7.99. The third-order valence-corrected chi connectivity index (χ3v) is 5.64. The highest BCUT2D eigenvalue weighted by Crippen LogP contribution is 2.30. The molecule has 4 nitrogen and oxygen atoms in total. The average Bonchev–Trinajstić information content (AvgIpc) is 3.17. The van der Waals surface area contributed by atoms with Crippen molar-refractivity contribution in [1.29, 1.82) is 0 Å². The van der Waals surface area contributed by atoms with Crippen molar-refractivity contribution in [3.63, 3.8) is 0 Å². The Morgan fingerprint density at radius 1 is 0.933 bits per heavy atom. The molecule has 0 fully saturated rings. The van der Waals surface area contributed by atoms with Crippen molar-refractivity contribution in [3.8, 4) is 22.8 Å². The molecule has 0 unspecified atom stereocenters. The van der Waals surface area contributed by atoms with Crippen LogP contribution in [0.3, 0.4) is 0 Å². The summed E-state index contributed by atoms with van der Waals surface area (Å²) in [6.07, 6.45) is 0. The molecule has 30 heavy (non-hydrogen) atoms. The van der Waals surface area contributed by atoms with Crippen molar-refractivity contribution in [2.75, 3.05) is 12.4 Å². The molecule has 1 heterocycles. The van der Waals surface area contributed by atoms with Crippen LogP contribution >= 0.6 is 35.0 Å². The number of rotatable bonds is 7. The minimum absolute atomic E-state index is 0.296. The van der Waals surface area contributed by atoms with Gasteiger partial charge in [-0.1, -0.05) is 65.3 Å². The summed E-state index contributed by atoms with van der Waals surface area (Å²) in [6.45, 7) is 0.420. The normalized spacial score (nSPS) is 10.9. The molecule has 8 heteroatoms. The van der Waals surface area contributed by atoms with Gasteiger partial charge in [-0.25, -0.2) is 4.39 Å². The molecule has 152 valence electrons. The first-order valence-electron chi connectivity index (χ1n) is 9.09. The lowest BCUT2D eigenvalue weighted by Gasteiger charge is -2.11. The van der Waals surface area contributed by atoms with Crippen molar-refractivity contribution >= 4 is 35.0 Å². The zero-order valence-corrected chi connectivity index (χ0v) is 18.0. The van der Waals surface area contributed by atoms with Crippen molar-refractivity contribution < 1.29 is 9.13 Å². The van der Waals surface area contributed by atoms with Crippen LogP contribution in [0.5, 0.6) is 5.75 Å². The van der Waals surface area contributed by atoms with Crippen LogP contribution in [0.2, 0.25) is 10.0 Å². The zero-order valence-electron chi connectivity index (χ0n) is 15.6. The maximum Gasteiger partial charge on any atom is 0.196 e. The Morgan fingerprint density at radius 2 is 1.70 bits per heavy atom. The molecule has 0 amide bonds. The van der Waals surface area contributed by atoms with E-state index in [4.69, 9.17) is 27.9 Å². The van der Waals surface area contributed by atoms with Gasteiger partial charge in [0.15, 0.2) is 11.0 Å². The molecule has 0 aliphatic heterocycles. The number of ether oxygens (including phenoxy) is 1. The van der Waals surface area contributed by atoms with Crippen molar-refractivity contribution in [2.45, 2.75) is 5.16 Å². The van der Waals surface area contributed by atoms with Crippen LogP contribution in [-0.2, 0) is 0 Å². The third-order valence-electron chi connectivity index (χ3n) is 4.22. The van der Waals surface area contributed by atoms with Crippen LogP contribution in [0.25, 0.3) is 17.1 Å². The van der Waals surface area contributed by atoms with Gasteiger partial charge in [-0.15, -0.1) is 10.2 Å². The topological polar surface area (TPSA) is 39.9 Å². The predicted molar refractivity (Wildman–Crippen MR) is 119 cm³/mol. The van der Waals surface area contributed by atoms with Gasteiger partial charge in [0.2, 0.25) is 0 Å². The standard InChI is InChI=1S/C22H16Cl2FN3OS/c23-16-6-11-20(19(24)14-16)29-12-13-30-22-27-26-21(15-4-2-1-3-5-15)28(22)18-9-7-17(25)8-10-18/h1-11,14H,12-13H2. The summed E-state index contributed by atoms with van der Waals surface area (Å²) >= 11 is 13.5. The lowest BCUT2D eigenvalue weighted by molar-refractivity contribution is 0.344. The molecule has 0 bridgehead atoms. The van der Waals surface area contributed by atoms with Gasteiger partial charge in [0.1, 0.15) is 11.6 Å². The van der Waals surface area contributed by atoms with Gasteiger partial charge in [0, 0.05) is 22.0 Å². The van der Waals surface area contributed by atoms with E-state index in [0.717, 1.165) is 11.3 Å². The molecule has 0 saturated carbocycles.